The Kier molecular flexibility index (Phi) is 9.10. The van der Waals surface area contributed by atoms with Crippen molar-refractivity contribution >= 4 is 5.97 Å². The van der Waals surface area contributed by atoms with Gasteiger partial charge in [0.2, 0.25) is 0 Å². The molecule has 0 bridgehead atoms. The number of hydrogen-bond donors (Lipinski definition) is 2. The van der Waals surface area contributed by atoms with Crippen LogP contribution < -0.4 is 29.6 Å². The van der Waals surface area contributed by atoms with Crippen molar-refractivity contribution in [2.75, 3.05) is 0 Å². The first-order valence-corrected chi connectivity index (χ1v) is 9.16. The molecule has 2 rings (SSSR count). The van der Waals surface area contributed by atoms with Crippen molar-refractivity contribution in [2.24, 2.45) is 0 Å². The van der Waals surface area contributed by atoms with Crippen LogP contribution in [0.2, 0.25) is 0 Å². The van der Waals surface area contributed by atoms with Gasteiger partial charge in [0.1, 0.15) is 11.2 Å². The van der Waals surface area contributed by atoms with E-state index in [0.29, 0.717) is 0 Å². The van der Waals surface area contributed by atoms with E-state index in [-0.39, 0.29) is 53.3 Å². The number of carbonyl (C=O) groups is 1. The Morgan fingerprint density at radius 3 is 2.43 bits per heavy atom. The van der Waals surface area contributed by atoms with Crippen LogP contribution in [0, 0.1) is 0 Å². The third kappa shape index (κ3) is 5.18. The fourth-order valence-corrected chi connectivity index (χ4v) is 4.25. The van der Waals surface area contributed by atoms with Crippen LogP contribution in [0.3, 0.4) is 0 Å². The molecule has 0 spiro atoms. The van der Waals surface area contributed by atoms with E-state index < -0.39 is 5.97 Å². The fraction of sp³-hybridized carbons (Fsp3) is 0.944. The Hall–Kier alpha value is 0.390. The van der Waals surface area contributed by atoms with Gasteiger partial charge in [0.05, 0.1) is 6.10 Å². The van der Waals surface area contributed by atoms with Crippen LogP contribution in [-0.4, -0.2) is 33.5 Å². The molecule has 4 nitrogen and oxygen atoms in total. The number of hydrogen-bond acceptors (Lipinski definition) is 3. The molecule has 2 aliphatic rings. The minimum absolute atomic E-state index is 0. The second kappa shape index (κ2) is 9.76. The summed E-state index contributed by atoms with van der Waals surface area (Å²) < 4.78 is 6.12. The summed E-state index contributed by atoms with van der Waals surface area (Å²) in [5.41, 5.74) is -0.284. The summed E-state index contributed by atoms with van der Waals surface area (Å²) in [4.78, 5) is 10.5. The third-order valence-corrected chi connectivity index (χ3v) is 5.59. The average Bonchev–Trinajstić information content (AvgIpc) is 3.06. The number of carboxylic acid groups (broad SMARTS) is 1. The minimum Gasteiger partial charge on any atom is -0.481 e. The van der Waals surface area contributed by atoms with Gasteiger partial charge in [0.15, 0.2) is 0 Å². The number of carboxylic acids is 1. The number of aliphatic hydroxyl groups is 1. The van der Waals surface area contributed by atoms with Crippen LogP contribution >= 0.6 is 0 Å². The molecule has 2 N–H and O–H groups in total. The van der Waals surface area contributed by atoms with Gasteiger partial charge in [-0.3, -0.25) is 4.79 Å². The first-order valence-electron chi connectivity index (χ1n) is 9.16. The molecule has 0 radical (unpaired) electrons. The zero-order valence-electron chi connectivity index (χ0n) is 15.0. The summed E-state index contributed by atoms with van der Waals surface area (Å²) in [5, 5.41) is 19.0. The van der Waals surface area contributed by atoms with Crippen molar-refractivity contribution in [3.63, 3.8) is 0 Å². The summed E-state index contributed by atoms with van der Waals surface area (Å²) in [6, 6.07) is 0. The third-order valence-electron chi connectivity index (χ3n) is 5.59. The molecule has 3 atom stereocenters. The molecule has 0 aromatic rings. The van der Waals surface area contributed by atoms with Crippen molar-refractivity contribution < 1.29 is 49.3 Å². The molecule has 1 saturated heterocycles. The van der Waals surface area contributed by atoms with E-state index in [0.717, 1.165) is 51.4 Å². The van der Waals surface area contributed by atoms with Gasteiger partial charge in [-0.2, -0.15) is 0 Å². The maximum Gasteiger partial charge on any atom is 1.00 e. The van der Waals surface area contributed by atoms with E-state index in [2.05, 4.69) is 6.92 Å². The van der Waals surface area contributed by atoms with Gasteiger partial charge in [-0.15, -0.1) is 0 Å². The Morgan fingerprint density at radius 1 is 1.09 bits per heavy atom. The Morgan fingerprint density at radius 2 is 1.74 bits per heavy atom. The van der Waals surface area contributed by atoms with Crippen LogP contribution in [-0.2, 0) is 9.53 Å². The van der Waals surface area contributed by atoms with Crippen LogP contribution in [0.25, 0.3) is 0 Å². The monoisotopic (exact) mass is 335 g/mol. The standard InChI is InChI=1S/C18H32O4.Na/c1-2-3-4-8-12-17-14-11-15(19)18(17,22-17)13-9-6-5-7-10-16(20)21;/h15,19H,2-14H2,1H3,(H,20,21);/q;+1. The molecule has 0 aromatic heterocycles. The van der Waals surface area contributed by atoms with Crippen molar-refractivity contribution in [3.8, 4) is 0 Å². The SMILES string of the molecule is CCCCCCC12CCC(O)C1(CCCCCCC(=O)O)O2.[Na+]. The number of aliphatic carboxylic acids is 1. The molecule has 1 aliphatic heterocycles. The van der Waals surface area contributed by atoms with Crippen molar-refractivity contribution in [3.05, 3.63) is 0 Å². The maximum atomic E-state index is 10.5. The number of rotatable bonds is 12. The Bertz CT molecular complexity index is 376. The maximum absolute atomic E-state index is 10.5. The quantitative estimate of drug-likeness (QED) is 0.318. The minimum atomic E-state index is -0.707. The van der Waals surface area contributed by atoms with E-state index in [1.807, 2.05) is 0 Å². The molecule has 23 heavy (non-hydrogen) atoms. The molecule has 128 valence electrons. The predicted molar refractivity (Wildman–Crippen MR) is 85.9 cm³/mol. The first-order chi connectivity index (χ1) is 10.6. The zero-order valence-corrected chi connectivity index (χ0v) is 17.0. The largest absolute Gasteiger partial charge is 1.00 e. The smallest absolute Gasteiger partial charge is 0.481 e. The van der Waals surface area contributed by atoms with Crippen molar-refractivity contribution in [1.82, 2.24) is 0 Å². The zero-order chi connectivity index (χ0) is 16.1. The second-order valence-electron chi connectivity index (χ2n) is 7.16. The molecule has 1 saturated carbocycles. The van der Waals surface area contributed by atoms with Gasteiger partial charge >= 0.3 is 35.5 Å². The average molecular weight is 335 g/mol. The van der Waals surface area contributed by atoms with Crippen molar-refractivity contribution in [1.29, 1.82) is 0 Å². The predicted octanol–water partition coefficient (Wildman–Crippen LogP) is 1.05. The van der Waals surface area contributed by atoms with Crippen LogP contribution in [0.5, 0.6) is 0 Å². The second-order valence-corrected chi connectivity index (χ2v) is 7.16. The number of fused-ring (bicyclic) bond motifs is 1. The van der Waals surface area contributed by atoms with Crippen LogP contribution in [0.15, 0.2) is 0 Å². The summed E-state index contributed by atoms with van der Waals surface area (Å²) >= 11 is 0. The number of unbranched alkanes of at least 4 members (excludes halogenated alkanes) is 6. The van der Waals surface area contributed by atoms with Crippen molar-refractivity contribution in [2.45, 2.75) is 108 Å². The molecule has 1 aliphatic carbocycles. The van der Waals surface area contributed by atoms with Crippen LogP contribution in [0.1, 0.15) is 90.4 Å². The van der Waals surface area contributed by atoms with Gasteiger partial charge < -0.3 is 14.9 Å². The topological polar surface area (TPSA) is 70.1 Å². The molecule has 0 amide bonds. The van der Waals surface area contributed by atoms with E-state index in [1.165, 1.54) is 25.7 Å². The van der Waals surface area contributed by atoms with Gasteiger partial charge in [0.25, 0.3) is 0 Å². The number of aliphatic hydroxyl groups excluding tert-OH is 1. The normalized spacial score (nSPS) is 31.5. The molecular weight excluding hydrogens is 303 g/mol. The van der Waals surface area contributed by atoms with Gasteiger partial charge in [0, 0.05) is 6.42 Å². The van der Waals surface area contributed by atoms with E-state index in [4.69, 9.17) is 9.84 Å². The Balaban J connectivity index is 0.00000264. The molecular formula is C18H32NaO4+. The van der Waals surface area contributed by atoms with E-state index in [1.54, 1.807) is 0 Å². The van der Waals surface area contributed by atoms with Gasteiger partial charge in [-0.25, -0.2) is 0 Å². The Labute approximate surface area is 162 Å². The van der Waals surface area contributed by atoms with Gasteiger partial charge in [-0.05, 0) is 32.1 Å². The van der Waals surface area contributed by atoms with Gasteiger partial charge in [-0.1, -0.05) is 51.9 Å². The molecule has 5 heteroatoms. The number of ether oxygens (including phenoxy) is 1. The number of epoxide rings is 1. The van der Waals surface area contributed by atoms with E-state index in [9.17, 15) is 9.90 Å². The summed E-state index contributed by atoms with van der Waals surface area (Å²) in [5.74, 6) is -0.707. The molecule has 2 fully saturated rings. The molecule has 3 unspecified atom stereocenters. The molecule has 0 aromatic carbocycles. The summed E-state index contributed by atoms with van der Waals surface area (Å²) in [6.45, 7) is 2.22. The first kappa shape index (κ1) is 21.4. The van der Waals surface area contributed by atoms with E-state index >= 15 is 0 Å². The summed E-state index contributed by atoms with van der Waals surface area (Å²) in [6.07, 6.45) is 12.7. The summed E-state index contributed by atoms with van der Waals surface area (Å²) in [7, 11) is 0. The van der Waals surface area contributed by atoms with Crippen LogP contribution in [0.4, 0.5) is 0 Å². The fourth-order valence-electron chi connectivity index (χ4n) is 4.25. The molecule has 1 heterocycles.